The number of anilines is 1. The summed E-state index contributed by atoms with van der Waals surface area (Å²) in [7, 11) is 3.70. The number of nitrogens with one attached hydrogen (secondary N) is 1. The molecule has 0 radical (unpaired) electrons. The number of carbonyl (C=O) groups is 1. The van der Waals surface area contributed by atoms with Crippen molar-refractivity contribution in [3.8, 4) is 6.07 Å². The molecule has 2 aromatic rings. The Hall–Kier alpha value is -2.94. The van der Waals surface area contributed by atoms with Gasteiger partial charge < -0.3 is 10.2 Å². The van der Waals surface area contributed by atoms with E-state index in [9.17, 15) is 4.79 Å². The smallest absolute Gasteiger partial charge is 0.251 e. The van der Waals surface area contributed by atoms with E-state index in [4.69, 9.17) is 5.26 Å². The fraction of sp³-hybridized carbons (Fsp3) is 0.200. The van der Waals surface area contributed by atoms with Crippen LogP contribution >= 0.6 is 0 Å². The molecule has 0 aliphatic carbocycles. The lowest BCUT2D eigenvalue weighted by molar-refractivity contribution is 0.0950. The number of rotatable bonds is 4. The number of aromatic nitrogens is 2. The van der Waals surface area contributed by atoms with Crippen LogP contribution in [0, 0.1) is 11.3 Å². The third-order valence-electron chi connectivity index (χ3n) is 2.78. The first-order valence-corrected chi connectivity index (χ1v) is 6.38. The minimum Gasteiger partial charge on any atom is -0.347 e. The average Bonchev–Trinajstić information content (AvgIpc) is 2.53. The summed E-state index contributed by atoms with van der Waals surface area (Å²) in [5, 5.41) is 11.6. The van der Waals surface area contributed by atoms with Crippen molar-refractivity contribution in [2.24, 2.45) is 0 Å². The SMILES string of the molecule is CN(C)c1nccc(CNC(=O)c2cccc(C#N)c2)n1. The fourth-order valence-electron chi connectivity index (χ4n) is 1.70. The van der Waals surface area contributed by atoms with Gasteiger partial charge in [-0.25, -0.2) is 9.97 Å². The summed E-state index contributed by atoms with van der Waals surface area (Å²) in [4.78, 5) is 22.3. The van der Waals surface area contributed by atoms with Gasteiger partial charge in [0.15, 0.2) is 0 Å². The van der Waals surface area contributed by atoms with Crippen LogP contribution < -0.4 is 10.2 Å². The molecule has 0 fully saturated rings. The van der Waals surface area contributed by atoms with Crippen molar-refractivity contribution in [2.75, 3.05) is 19.0 Å². The molecular formula is C15H15N5O. The second-order valence-electron chi connectivity index (χ2n) is 4.62. The van der Waals surface area contributed by atoms with Gasteiger partial charge in [0.05, 0.1) is 23.9 Å². The van der Waals surface area contributed by atoms with Gasteiger partial charge in [0.1, 0.15) is 0 Å². The maximum atomic E-state index is 12.0. The maximum Gasteiger partial charge on any atom is 0.251 e. The quantitative estimate of drug-likeness (QED) is 0.914. The summed E-state index contributed by atoms with van der Waals surface area (Å²) in [6, 6.07) is 10.3. The Labute approximate surface area is 123 Å². The molecule has 0 atom stereocenters. The highest BCUT2D eigenvalue weighted by atomic mass is 16.1. The van der Waals surface area contributed by atoms with Gasteiger partial charge in [-0.05, 0) is 24.3 Å². The van der Waals surface area contributed by atoms with Gasteiger partial charge in [0.25, 0.3) is 5.91 Å². The molecule has 2 rings (SSSR count). The van der Waals surface area contributed by atoms with Crippen LogP contribution in [0.15, 0.2) is 36.5 Å². The predicted octanol–water partition coefficient (Wildman–Crippen LogP) is 1.34. The molecule has 0 spiro atoms. The highest BCUT2D eigenvalue weighted by Crippen LogP contribution is 2.06. The van der Waals surface area contributed by atoms with E-state index in [1.54, 1.807) is 41.4 Å². The summed E-state index contributed by atoms with van der Waals surface area (Å²) in [5.74, 6) is 0.352. The van der Waals surface area contributed by atoms with E-state index < -0.39 is 0 Å². The van der Waals surface area contributed by atoms with Crippen molar-refractivity contribution in [1.82, 2.24) is 15.3 Å². The molecule has 0 unspecified atom stereocenters. The summed E-state index contributed by atoms with van der Waals surface area (Å²) < 4.78 is 0. The molecule has 1 aromatic heterocycles. The molecule has 106 valence electrons. The highest BCUT2D eigenvalue weighted by Gasteiger charge is 2.07. The van der Waals surface area contributed by atoms with Gasteiger partial charge in [0.2, 0.25) is 5.95 Å². The van der Waals surface area contributed by atoms with Crippen LogP contribution in [0.5, 0.6) is 0 Å². The number of hydrogen-bond acceptors (Lipinski definition) is 5. The number of nitrogens with zero attached hydrogens (tertiary/aromatic N) is 4. The third kappa shape index (κ3) is 3.76. The Bertz CT molecular complexity index is 690. The Morgan fingerprint density at radius 3 is 2.90 bits per heavy atom. The summed E-state index contributed by atoms with van der Waals surface area (Å²) in [5.41, 5.74) is 1.63. The second kappa shape index (κ2) is 6.48. The van der Waals surface area contributed by atoms with Crippen molar-refractivity contribution in [3.05, 3.63) is 53.3 Å². The van der Waals surface area contributed by atoms with E-state index in [0.29, 0.717) is 23.6 Å². The van der Waals surface area contributed by atoms with Crippen LogP contribution in [0.3, 0.4) is 0 Å². The maximum absolute atomic E-state index is 12.0. The van der Waals surface area contributed by atoms with Gasteiger partial charge in [-0.2, -0.15) is 5.26 Å². The van der Waals surface area contributed by atoms with E-state index in [1.807, 2.05) is 20.2 Å². The monoisotopic (exact) mass is 281 g/mol. The minimum atomic E-state index is -0.239. The molecule has 21 heavy (non-hydrogen) atoms. The molecule has 0 saturated carbocycles. The van der Waals surface area contributed by atoms with E-state index in [2.05, 4.69) is 15.3 Å². The minimum absolute atomic E-state index is 0.239. The first-order valence-electron chi connectivity index (χ1n) is 6.38. The number of hydrogen-bond donors (Lipinski definition) is 1. The Kier molecular flexibility index (Phi) is 4.46. The van der Waals surface area contributed by atoms with Crippen molar-refractivity contribution < 1.29 is 4.79 Å². The Morgan fingerprint density at radius 2 is 2.19 bits per heavy atom. The van der Waals surface area contributed by atoms with Crippen LogP contribution in [-0.2, 0) is 6.54 Å². The molecule has 1 amide bonds. The van der Waals surface area contributed by atoms with Gasteiger partial charge in [-0.15, -0.1) is 0 Å². The van der Waals surface area contributed by atoms with E-state index in [1.165, 1.54) is 0 Å². The van der Waals surface area contributed by atoms with Crippen molar-refractivity contribution in [3.63, 3.8) is 0 Å². The molecular weight excluding hydrogens is 266 g/mol. The van der Waals surface area contributed by atoms with E-state index in [0.717, 1.165) is 5.69 Å². The van der Waals surface area contributed by atoms with Crippen molar-refractivity contribution >= 4 is 11.9 Å². The zero-order valence-electron chi connectivity index (χ0n) is 11.9. The predicted molar refractivity (Wildman–Crippen MR) is 78.7 cm³/mol. The summed E-state index contributed by atoms with van der Waals surface area (Å²) >= 11 is 0. The lowest BCUT2D eigenvalue weighted by atomic mass is 10.1. The van der Waals surface area contributed by atoms with Gasteiger partial charge in [-0.1, -0.05) is 6.07 Å². The zero-order valence-corrected chi connectivity index (χ0v) is 11.9. The van der Waals surface area contributed by atoms with Crippen LogP contribution in [0.2, 0.25) is 0 Å². The molecule has 1 aromatic carbocycles. The normalized spacial score (nSPS) is 9.76. The number of carbonyl (C=O) groups excluding carboxylic acids is 1. The fourth-order valence-corrected chi connectivity index (χ4v) is 1.70. The Balaban J connectivity index is 2.04. The number of nitriles is 1. The zero-order chi connectivity index (χ0) is 15.2. The number of benzene rings is 1. The van der Waals surface area contributed by atoms with Crippen LogP contribution in [0.1, 0.15) is 21.6 Å². The van der Waals surface area contributed by atoms with Crippen molar-refractivity contribution in [1.29, 1.82) is 5.26 Å². The first kappa shape index (κ1) is 14.5. The molecule has 6 nitrogen and oxygen atoms in total. The van der Waals surface area contributed by atoms with Gasteiger partial charge in [0, 0.05) is 25.9 Å². The van der Waals surface area contributed by atoms with Crippen LogP contribution in [0.4, 0.5) is 5.95 Å². The standard InChI is InChI=1S/C15H15N5O/c1-20(2)15-17-7-6-13(19-15)10-18-14(21)12-5-3-4-11(8-12)9-16/h3-8H,10H2,1-2H3,(H,18,21). The topological polar surface area (TPSA) is 81.9 Å². The average molecular weight is 281 g/mol. The van der Waals surface area contributed by atoms with Gasteiger partial charge in [-0.3, -0.25) is 4.79 Å². The largest absolute Gasteiger partial charge is 0.347 e. The first-order chi connectivity index (χ1) is 10.1. The van der Waals surface area contributed by atoms with Crippen LogP contribution in [0.25, 0.3) is 0 Å². The molecule has 0 aliphatic rings. The number of amides is 1. The lowest BCUT2D eigenvalue weighted by Crippen LogP contribution is -2.24. The molecule has 0 saturated heterocycles. The molecule has 0 aliphatic heterocycles. The second-order valence-corrected chi connectivity index (χ2v) is 4.62. The summed E-state index contributed by atoms with van der Waals surface area (Å²) in [6.07, 6.45) is 1.65. The van der Waals surface area contributed by atoms with E-state index >= 15 is 0 Å². The lowest BCUT2D eigenvalue weighted by Gasteiger charge is -2.11. The third-order valence-corrected chi connectivity index (χ3v) is 2.78. The molecule has 6 heteroatoms. The molecule has 0 bridgehead atoms. The summed E-state index contributed by atoms with van der Waals surface area (Å²) in [6.45, 7) is 0.305. The van der Waals surface area contributed by atoms with E-state index in [-0.39, 0.29) is 5.91 Å². The molecule has 1 heterocycles. The van der Waals surface area contributed by atoms with Gasteiger partial charge >= 0.3 is 0 Å². The molecule has 1 N–H and O–H groups in total. The van der Waals surface area contributed by atoms with Crippen LogP contribution in [-0.4, -0.2) is 30.0 Å². The van der Waals surface area contributed by atoms with Crippen molar-refractivity contribution in [2.45, 2.75) is 6.54 Å². The Morgan fingerprint density at radius 1 is 1.38 bits per heavy atom. The highest BCUT2D eigenvalue weighted by molar-refractivity contribution is 5.94.